The molecule has 0 unspecified atom stereocenters. The fourth-order valence-corrected chi connectivity index (χ4v) is 5.05. The molecule has 8 heteroatoms. The number of benzene rings is 2. The number of anilines is 1. The zero-order valence-electron chi connectivity index (χ0n) is 17.4. The van der Waals surface area contributed by atoms with Crippen molar-refractivity contribution in [3.05, 3.63) is 91.5 Å². The van der Waals surface area contributed by atoms with Gasteiger partial charge in [0.25, 0.3) is 5.91 Å². The van der Waals surface area contributed by atoms with Crippen molar-refractivity contribution in [2.24, 2.45) is 0 Å². The van der Waals surface area contributed by atoms with E-state index >= 15 is 0 Å². The number of ketones is 1. The third kappa shape index (κ3) is 2.98. The highest BCUT2D eigenvalue weighted by Gasteiger charge is 2.45. The maximum Gasteiger partial charge on any atom is 0.297 e. The van der Waals surface area contributed by atoms with Crippen LogP contribution < -0.4 is 10.3 Å². The van der Waals surface area contributed by atoms with Crippen molar-refractivity contribution < 1.29 is 18.4 Å². The molecule has 6 nitrogen and oxygen atoms in total. The summed E-state index contributed by atoms with van der Waals surface area (Å²) in [5, 5.41) is 0.642. The van der Waals surface area contributed by atoms with Gasteiger partial charge in [0, 0.05) is 6.92 Å². The number of nitrogens with zero attached hydrogens (tertiary/aromatic N) is 2. The number of aryl methyl sites for hydroxylation is 2. The lowest BCUT2D eigenvalue weighted by atomic mass is 9.98. The zero-order valence-corrected chi connectivity index (χ0v) is 18.2. The maximum absolute atomic E-state index is 13.6. The van der Waals surface area contributed by atoms with Gasteiger partial charge in [-0.25, -0.2) is 9.37 Å². The summed E-state index contributed by atoms with van der Waals surface area (Å²) in [6.45, 7) is 4.99. The highest BCUT2D eigenvalue weighted by atomic mass is 32.1. The minimum atomic E-state index is -0.857. The topological polar surface area (TPSA) is 80.5 Å². The average Bonchev–Trinajstić information content (AvgIpc) is 3.27. The molecule has 0 aliphatic carbocycles. The number of thiazole rings is 1. The molecule has 5 rings (SSSR count). The van der Waals surface area contributed by atoms with E-state index in [4.69, 9.17) is 4.42 Å². The fourth-order valence-electron chi connectivity index (χ4n) is 4.06. The van der Waals surface area contributed by atoms with Gasteiger partial charge in [-0.05, 0) is 43.7 Å². The molecule has 0 N–H and O–H groups in total. The van der Waals surface area contributed by atoms with Gasteiger partial charge >= 0.3 is 0 Å². The van der Waals surface area contributed by atoms with Crippen molar-refractivity contribution in [2.75, 3.05) is 4.90 Å². The summed E-state index contributed by atoms with van der Waals surface area (Å²) in [6, 6.07) is 9.94. The Hall–Kier alpha value is -3.65. The molecule has 0 fully saturated rings. The molecule has 2 aromatic heterocycles. The van der Waals surface area contributed by atoms with Crippen LogP contribution in [0.15, 0.2) is 51.7 Å². The molecule has 1 amide bonds. The van der Waals surface area contributed by atoms with E-state index < -0.39 is 17.8 Å². The molecule has 0 spiro atoms. The molecular formula is C24H17FN2O4S. The predicted molar refractivity (Wildman–Crippen MR) is 119 cm³/mol. The van der Waals surface area contributed by atoms with Crippen LogP contribution in [0, 0.1) is 19.7 Å². The van der Waals surface area contributed by atoms with E-state index in [2.05, 4.69) is 4.98 Å². The standard InChI is InChI=1S/C24H17FN2O4S/c1-11-4-9-17-16(10-11)20(29)18-19(14-5-7-15(25)8-6-14)27(23(30)21(18)31-17)24-26-12(2)22(32-24)13(3)28/h4-10,19H,1-3H3/t19-/m1/s1. The maximum atomic E-state index is 13.6. The van der Waals surface area contributed by atoms with Crippen molar-refractivity contribution in [3.63, 3.8) is 0 Å². The Morgan fingerprint density at radius 3 is 2.50 bits per heavy atom. The number of aromatic nitrogens is 1. The van der Waals surface area contributed by atoms with Gasteiger partial charge in [0.2, 0.25) is 5.76 Å². The SMILES string of the molecule is CC(=O)c1sc(N2C(=O)c3oc4ccc(C)cc4c(=O)c3[C@H]2c2ccc(F)cc2)nc1C. The Morgan fingerprint density at radius 2 is 1.84 bits per heavy atom. The molecule has 0 bridgehead atoms. The molecule has 2 aromatic carbocycles. The van der Waals surface area contributed by atoms with Crippen LogP contribution in [-0.4, -0.2) is 16.7 Å². The molecule has 4 aromatic rings. The molecular weight excluding hydrogens is 431 g/mol. The summed E-state index contributed by atoms with van der Waals surface area (Å²) >= 11 is 1.08. The molecule has 0 radical (unpaired) electrons. The van der Waals surface area contributed by atoms with Crippen molar-refractivity contribution in [1.29, 1.82) is 0 Å². The van der Waals surface area contributed by atoms with E-state index in [0.717, 1.165) is 16.9 Å². The Kier molecular flexibility index (Phi) is 4.56. The number of carbonyl (C=O) groups excluding carboxylic acids is 2. The van der Waals surface area contributed by atoms with Crippen LogP contribution in [0.2, 0.25) is 0 Å². The van der Waals surface area contributed by atoms with E-state index in [1.807, 2.05) is 6.92 Å². The second-order valence-corrected chi connectivity index (χ2v) is 8.75. The number of carbonyl (C=O) groups is 2. The van der Waals surface area contributed by atoms with E-state index in [1.165, 1.54) is 36.1 Å². The lowest BCUT2D eigenvalue weighted by Crippen LogP contribution is -2.29. The van der Waals surface area contributed by atoms with Crippen LogP contribution >= 0.6 is 11.3 Å². The number of hydrogen-bond acceptors (Lipinski definition) is 6. The quantitative estimate of drug-likeness (QED) is 0.414. The molecule has 1 atom stereocenters. The summed E-state index contributed by atoms with van der Waals surface area (Å²) < 4.78 is 19.5. The highest BCUT2D eigenvalue weighted by molar-refractivity contribution is 7.17. The Balaban J connectivity index is 1.81. The van der Waals surface area contributed by atoms with E-state index in [0.29, 0.717) is 27.1 Å². The molecule has 3 heterocycles. The lowest BCUT2D eigenvalue weighted by molar-refractivity contribution is 0.0969. The minimum Gasteiger partial charge on any atom is -0.450 e. The average molecular weight is 448 g/mol. The van der Waals surface area contributed by atoms with Crippen molar-refractivity contribution in [3.8, 4) is 0 Å². The number of rotatable bonds is 3. The van der Waals surface area contributed by atoms with Gasteiger partial charge in [0.05, 0.1) is 27.6 Å². The van der Waals surface area contributed by atoms with Crippen molar-refractivity contribution in [1.82, 2.24) is 4.98 Å². The number of halogens is 1. The fraction of sp³-hybridized carbons (Fsp3) is 0.167. The van der Waals surface area contributed by atoms with Crippen molar-refractivity contribution >= 4 is 39.1 Å². The predicted octanol–water partition coefficient (Wildman–Crippen LogP) is 4.96. The largest absolute Gasteiger partial charge is 0.450 e. The minimum absolute atomic E-state index is 0.0714. The third-order valence-electron chi connectivity index (χ3n) is 5.52. The lowest BCUT2D eigenvalue weighted by Gasteiger charge is -2.22. The molecule has 32 heavy (non-hydrogen) atoms. The number of Topliss-reactive ketones (excluding diaryl/α,β-unsaturated/α-hetero) is 1. The van der Waals surface area contributed by atoms with Gasteiger partial charge < -0.3 is 4.42 Å². The normalized spacial score (nSPS) is 15.4. The first-order valence-corrected chi connectivity index (χ1v) is 10.7. The van der Waals surface area contributed by atoms with Crippen LogP contribution in [0.1, 0.15) is 55.6 Å². The second kappa shape index (κ2) is 7.20. The van der Waals surface area contributed by atoms with E-state index in [9.17, 15) is 18.8 Å². The summed E-state index contributed by atoms with van der Waals surface area (Å²) in [5.74, 6) is -1.20. The number of amides is 1. The van der Waals surface area contributed by atoms with Gasteiger partial charge in [0.15, 0.2) is 16.3 Å². The first-order valence-electron chi connectivity index (χ1n) is 9.91. The second-order valence-electron chi connectivity index (χ2n) is 7.77. The molecule has 1 aliphatic rings. The molecule has 1 aliphatic heterocycles. The van der Waals surface area contributed by atoms with E-state index in [-0.39, 0.29) is 27.7 Å². The summed E-state index contributed by atoms with van der Waals surface area (Å²) in [6.07, 6.45) is 0. The van der Waals surface area contributed by atoms with Crippen molar-refractivity contribution in [2.45, 2.75) is 26.8 Å². The number of fused-ring (bicyclic) bond motifs is 2. The van der Waals surface area contributed by atoms with E-state index in [1.54, 1.807) is 25.1 Å². The Bertz CT molecular complexity index is 1490. The monoisotopic (exact) mass is 448 g/mol. The van der Waals surface area contributed by atoms with Gasteiger partial charge in [-0.2, -0.15) is 0 Å². The van der Waals surface area contributed by atoms with Gasteiger partial charge in [-0.1, -0.05) is 35.1 Å². The van der Waals surface area contributed by atoms with Gasteiger partial charge in [-0.15, -0.1) is 0 Å². The summed E-state index contributed by atoms with van der Waals surface area (Å²) in [5.41, 5.74) is 2.08. The van der Waals surface area contributed by atoms with Crippen LogP contribution in [0.25, 0.3) is 11.0 Å². The zero-order chi connectivity index (χ0) is 22.7. The third-order valence-corrected chi connectivity index (χ3v) is 6.78. The molecule has 0 saturated heterocycles. The van der Waals surface area contributed by atoms with Gasteiger partial charge in [-0.3, -0.25) is 19.3 Å². The Labute approximate surface area is 185 Å². The Morgan fingerprint density at radius 1 is 1.12 bits per heavy atom. The summed E-state index contributed by atoms with van der Waals surface area (Å²) in [7, 11) is 0. The number of hydrogen-bond donors (Lipinski definition) is 0. The summed E-state index contributed by atoms with van der Waals surface area (Å²) in [4.78, 5) is 45.3. The molecule has 0 saturated carbocycles. The van der Waals surface area contributed by atoms with Gasteiger partial charge in [0.1, 0.15) is 11.4 Å². The van der Waals surface area contributed by atoms with Crippen LogP contribution in [0.4, 0.5) is 9.52 Å². The first-order chi connectivity index (χ1) is 15.3. The van der Waals surface area contributed by atoms with Crippen LogP contribution in [-0.2, 0) is 0 Å². The smallest absolute Gasteiger partial charge is 0.297 e. The van der Waals surface area contributed by atoms with Crippen LogP contribution in [0.5, 0.6) is 0 Å². The molecule has 160 valence electrons. The highest BCUT2D eigenvalue weighted by Crippen LogP contribution is 2.43. The van der Waals surface area contributed by atoms with Crippen LogP contribution in [0.3, 0.4) is 0 Å². The first kappa shape index (κ1) is 20.3.